The van der Waals surface area contributed by atoms with Crippen LogP contribution in [0.5, 0.6) is 0 Å². The van der Waals surface area contributed by atoms with Crippen molar-refractivity contribution in [2.45, 2.75) is 31.8 Å². The van der Waals surface area contributed by atoms with Crippen LogP contribution in [0.2, 0.25) is 0 Å². The summed E-state index contributed by atoms with van der Waals surface area (Å²) < 4.78 is 5.37. The van der Waals surface area contributed by atoms with Gasteiger partial charge in [0.2, 0.25) is 5.96 Å². The average molecular weight is 353 g/mol. The third-order valence-corrected chi connectivity index (χ3v) is 4.15. The largest absolute Gasteiger partial charge is 0.469 e. The first-order chi connectivity index (χ1) is 12.6. The fraction of sp³-hybridized carbons (Fsp3) is 0.400. The van der Waals surface area contributed by atoms with Crippen molar-refractivity contribution >= 4 is 5.96 Å². The van der Waals surface area contributed by atoms with E-state index in [0.717, 1.165) is 18.6 Å². The minimum absolute atomic E-state index is 0.0904. The molecule has 1 heterocycles. The van der Waals surface area contributed by atoms with Gasteiger partial charge in [0, 0.05) is 18.5 Å². The molecule has 1 aromatic carbocycles. The number of hydrogen-bond acceptors (Lipinski definition) is 4. The number of rotatable bonds is 8. The molecule has 0 aliphatic heterocycles. The molecule has 2 aromatic rings. The number of guanidine groups is 1. The van der Waals surface area contributed by atoms with E-state index < -0.39 is 0 Å². The highest BCUT2D eigenvalue weighted by Gasteiger charge is 2.13. The summed E-state index contributed by atoms with van der Waals surface area (Å²) >= 11 is 0. The lowest BCUT2D eigenvalue weighted by Crippen LogP contribution is -2.42. The van der Waals surface area contributed by atoms with Crippen molar-refractivity contribution in [3.05, 3.63) is 60.1 Å². The maximum Gasteiger partial charge on any atom is 0.204 e. The van der Waals surface area contributed by atoms with Crippen molar-refractivity contribution in [3.63, 3.8) is 0 Å². The number of benzene rings is 1. The van der Waals surface area contributed by atoms with Gasteiger partial charge in [-0.25, -0.2) is 0 Å². The Kier molecular flexibility index (Phi) is 7.72. The standard InChI is InChI=1S/C20H27N5O/c1-16(12-19-10-7-11-26-19)24-20(23-15-21)22-14-18(25(2)3)13-17-8-5-4-6-9-17/h4-11,16,18H,12-14H2,1-3H3,(H2,22,23,24). The maximum atomic E-state index is 9.00. The molecule has 2 rings (SSSR count). The summed E-state index contributed by atoms with van der Waals surface area (Å²) in [7, 11) is 4.10. The van der Waals surface area contributed by atoms with E-state index in [-0.39, 0.29) is 12.1 Å². The molecular weight excluding hydrogens is 326 g/mol. The van der Waals surface area contributed by atoms with E-state index in [1.54, 1.807) is 6.26 Å². The fourth-order valence-electron chi connectivity index (χ4n) is 2.68. The normalized spacial score (nSPS) is 13.9. The summed E-state index contributed by atoms with van der Waals surface area (Å²) in [6, 6.07) is 14.5. The number of nitriles is 1. The molecule has 0 amide bonds. The average Bonchev–Trinajstić information content (AvgIpc) is 3.12. The monoisotopic (exact) mass is 353 g/mol. The van der Waals surface area contributed by atoms with E-state index in [2.05, 4.69) is 32.7 Å². The van der Waals surface area contributed by atoms with Gasteiger partial charge in [0.1, 0.15) is 5.76 Å². The van der Waals surface area contributed by atoms with Crippen LogP contribution < -0.4 is 10.6 Å². The molecule has 0 fully saturated rings. The van der Waals surface area contributed by atoms with Crippen LogP contribution in [0.1, 0.15) is 18.2 Å². The Balaban J connectivity index is 1.97. The second-order valence-electron chi connectivity index (χ2n) is 6.56. The third kappa shape index (κ3) is 6.61. The molecule has 0 bridgehead atoms. The van der Waals surface area contributed by atoms with Crippen molar-refractivity contribution in [3.8, 4) is 6.19 Å². The SMILES string of the molecule is CC(Cc1ccco1)NC(=NCC(Cc1ccccc1)N(C)C)NC#N. The Morgan fingerprint density at radius 2 is 1.96 bits per heavy atom. The molecule has 0 radical (unpaired) electrons. The quantitative estimate of drug-likeness (QED) is 0.330. The molecular formula is C20H27N5O. The first-order valence-electron chi connectivity index (χ1n) is 8.77. The second-order valence-corrected chi connectivity index (χ2v) is 6.56. The molecule has 0 aliphatic rings. The van der Waals surface area contributed by atoms with Crippen LogP contribution in [-0.2, 0) is 12.8 Å². The molecule has 26 heavy (non-hydrogen) atoms. The van der Waals surface area contributed by atoms with E-state index in [4.69, 9.17) is 9.68 Å². The number of aliphatic imine (C=N–C) groups is 1. The molecule has 1 aromatic heterocycles. The van der Waals surface area contributed by atoms with Crippen molar-refractivity contribution in [1.82, 2.24) is 15.5 Å². The minimum atomic E-state index is 0.0904. The summed E-state index contributed by atoms with van der Waals surface area (Å²) in [5.41, 5.74) is 1.27. The van der Waals surface area contributed by atoms with Gasteiger partial charge in [0.15, 0.2) is 6.19 Å². The Bertz CT molecular complexity index is 704. The maximum absolute atomic E-state index is 9.00. The summed E-state index contributed by atoms with van der Waals surface area (Å²) in [5, 5.41) is 14.9. The Hall–Kier alpha value is -2.78. The smallest absolute Gasteiger partial charge is 0.204 e. The first kappa shape index (κ1) is 19.5. The zero-order valence-electron chi connectivity index (χ0n) is 15.6. The molecule has 2 atom stereocenters. The molecule has 6 nitrogen and oxygen atoms in total. The summed E-state index contributed by atoms with van der Waals surface area (Å²) in [5.74, 6) is 1.39. The van der Waals surface area contributed by atoms with E-state index in [1.165, 1.54) is 5.56 Å². The van der Waals surface area contributed by atoms with Crippen LogP contribution in [0.15, 0.2) is 58.1 Å². The highest BCUT2D eigenvalue weighted by molar-refractivity contribution is 5.81. The Morgan fingerprint density at radius 1 is 1.19 bits per heavy atom. The predicted molar refractivity (Wildman–Crippen MR) is 104 cm³/mol. The van der Waals surface area contributed by atoms with Gasteiger partial charge in [0.05, 0.1) is 12.8 Å². The molecule has 2 unspecified atom stereocenters. The minimum Gasteiger partial charge on any atom is -0.469 e. The fourth-order valence-corrected chi connectivity index (χ4v) is 2.68. The molecule has 6 heteroatoms. The van der Waals surface area contributed by atoms with Crippen LogP contribution in [0.3, 0.4) is 0 Å². The lowest BCUT2D eigenvalue weighted by Gasteiger charge is -2.23. The number of furan rings is 1. The molecule has 0 saturated heterocycles. The van der Waals surface area contributed by atoms with Crippen molar-refractivity contribution in [1.29, 1.82) is 5.26 Å². The van der Waals surface area contributed by atoms with Gasteiger partial charge in [-0.3, -0.25) is 10.3 Å². The molecule has 138 valence electrons. The highest BCUT2D eigenvalue weighted by Crippen LogP contribution is 2.07. The highest BCUT2D eigenvalue weighted by atomic mass is 16.3. The van der Waals surface area contributed by atoms with E-state index in [0.29, 0.717) is 12.5 Å². The van der Waals surface area contributed by atoms with Crippen LogP contribution in [0.4, 0.5) is 0 Å². The van der Waals surface area contributed by atoms with E-state index in [9.17, 15) is 0 Å². The zero-order valence-corrected chi connectivity index (χ0v) is 15.6. The van der Waals surface area contributed by atoms with Gasteiger partial charge >= 0.3 is 0 Å². The lowest BCUT2D eigenvalue weighted by atomic mass is 10.1. The molecule has 0 spiro atoms. The van der Waals surface area contributed by atoms with Gasteiger partial charge in [-0.05, 0) is 45.1 Å². The first-order valence-corrected chi connectivity index (χ1v) is 8.77. The van der Waals surface area contributed by atoms with Crippen LogP contribution >= 0.6 is 0 Å². The van der Waals surface area contributed by atoms with Gasteiger partial charge in [-0.2, -0.15) is 5.26 Å². The number of nitrogens with one attached hydrogen (secondary N) is 2. The predicted octanol–water partition coefficient (Wildman–Crippen LogP) is 2.40. The van der Waals surface area contributed by atoms with Crippen LogP contribution in [0.25, 0.3) is 0 Å². The molecule has 2 N–H and O–H groups in total. The second kappa shape index (κ2) is 10.3. The Morgan fingerprint density at radius 3 is 2.58 bits per heavy atom. The number of nitrogens with zero attached hydrogens (tertiary/aromatic N) is 3. The van der Waals surface area contributed by atoms with Gasteiger partial charge in [-0.15, -0.1) is 0 Å². The van der Waals surface area contributed by atoms with Gasteiger partial charge in [-0.1, -0.05) is 30.3 Å². The summed E-state index contributed by atoms with van der Waals surface area (Å²) in [4.78, 5) is 6.76. The van der Waals surface area contributed by atoms with Gasteiger partial charge < -0.3 is 14.6 Å². The van der Waals surface area contributed by atoms with Gasteiger partial charge in [0.25, 0.3) is 0 Å². The van der Waals surface area contributed by atoms with Crippen molar-refractivity contribution in [2.75, 3.05) is 20.6 Å². The third-order valence-electron chi connectivity index (χ3n) is 4.15. The Labute approximate surface area is 155 Å². The van der Waals surface area contributed by atoms with Crippen LogP contribution in [-0.4, -0.2) is 43.6 Å². The molecule has 0 aliphatic carbocycles. The zero-order chi connectivity index (χ0) is 18.8. The lowest BCUT2D eigenvalue weighted by molar-refractivity contribution is 0.298. The summed E-state index contributed by atoms with van der Waals surface area (Å²) in [6.45, 7) is 2.62. The number of hydrogen-bond donors (Lipinski definition) is 2. The van der Waals surface area contributed by atoms with Crippen LogP contribution in [0, 0.1) is 11.5 Å². The summed E-state index contributed by atoms with van der Waals surface area (Å²) in [6.07, 6.45) is 5.24. The van der Waals surface area contributed by atoms with Crippen molar-refractivity contribution < 1.29 is 4.42 Å². The number of likely N-dealkylation sites (N-methyl/N-ethyl adjacent to an activating group) is 1. The topological polar surface area (TPSA) is 76.6 Å². The molecule has 0 saturated carbocycles. The van der Waals surface area contributed by atoms with Crippen molar-refractivity contribution in [2.24, 2.45) is 4.99 Å². The van der Waals surface area contributed by atoms with E-state index in [1.807, 2.05) is 57.5 Å². The van der Waals surface area contributed by atoms with E-state index >= 15 is 0 Å².